The first-order valence-electron chi connectivity index (χ1n) is 8.25. The first-order valence-corrected chi connectivity index (χ1v) is 9.42. The molecule has 3 aromatic rings. The summed E-state index contributed by atoms with van der Waals surface area (Å²) in [4.78, 5) is 12.6. The zero-order valence-corrected chi connectivity index (χ0v) is 16.8. The van der Waals surface area contributed by atoms with Gasteiger partial charge in [0.05, 0.1) is 17.2 Å². The van der Waals surface area contributed by atoms with Crippen LogP contribution in [0.1, 0.15) is 30.6 Å². The highest BCUT2D eigenvalue weighted by Gasteiger charge is 2.20. The molecule has 0 radical (unpaired) electrons. The van der Waals surface area contributed by atoms with E-state index in [0.717, 1.165) is 15.7 Å². The third-order valence-electron chi connectivity index (χ3n) is 4.03. The molecular formula is C18H19BrClN5O. The fourth-order valence-corrected chi connectivity index (χ4v) is 3.24. The third kappa shape index (κ3) is 4.34. The highest BCUT2D eigenvalue weighted by Crippen LogP contribution is 2.18. The number of nitrogens with zero attached hydrogens (tertiary/aromatic N) is 4. The van der Waals surface area contributed by atoms with Gasteiger partial charge in [-0.05, 0) is 47.0 Å². The lowest BCUT2D eigenvalue weighted by Gasteiger charge is -2.14. The van der Waals surface area contributed by atoms with Gasteiger partial charge in [-0.15, -0.1) is 0 Å². The van der Waals surface area contributed by atoms with E-state index in [1.807, 2.05) is 48.9 Å². The standard InChI is InChI=1S/C18H19BrClN5O/c1-3-16(25-11-14(19)9-21-25)18(26)22-17-7-12(2)24(23-17)10-13-5-4-6-15(20)8-13/h4-9,11,16H,3,10H2,1-2H3,(H,22,23,26). The summed E-state index contributed by atoms with van der Waals surface area (Å²) in [6.07, 6.45) is 4.08. The lowest BCUT2D eigenvalue weighted by Crippen LogP contribution is -2.26. The smallest absolute Gasteiger partial charge is 0.250 e. The number of aryl methyl sites for hydroxylation is 1. The van der Waals surface area contributed by atoms with Crippen LogP contribution in [0, 0.1) is 6.92 Å². The van der Waals surface area contributed by atoms with Gasteiger partial charge in [0.25, 0.3) is 0 Å². The number of hydrogen-bond donors (Lipinski definition) is 1. The van der Waals surface area contributed by atoms with Crippen LogP contribution in [0.4, 0.5) is 5.82 Å². The van der Waals surface area contributed by atoms with Crippen LogP contribution >= 0.6 is 27.5 Å². The monoisotopic (exact) mass is 435 g/mol. The molecule has 26 heavy (non-hydrogen) atoms. The predicted octanol–water partition coefficient (Wildman–Crippen LogP) is 4.44. The lowest BCUT2D eigenvalue weighted by atomic mass is 10.2. The molecule has 0 saturated carbocycles. The van der Waals surface area contributed by atoms with E-state index in [9.17, 15) is 4.79 Å². The zero-order chi connectivity index (χ0) is 18.7. The van der Waals surface area contributed by atoms with Crippen LogP contribution in [0.3, 0.4) is 0 Å². The molecule has 0 saturated heterocycles. The molecule has 8 heteroatoms. The third-order valence-corrected chi connectivity index (χ3v) is 4.68. The Morgan fingerprint density at radius 2 is 2.19 bits per heavy atom. The number of halogens is 2. The summed E-state index contributed by atoms with van der Waals surface area (Å²) in [6, 6.07) is 9.11. The number of nitrogens with one attached hydrogen (secondary N) is 1. The molecule has 6 nitrogen and oxygen atoms in total. The number of aromatic nitrogens is 4. The second-order valence-electron chi connectivity index (χ2n) is 6.01. The minimum Gasteiger partial charge on any atom is -0.307 e. The van der Waals surface area contributed by atoms with Crippen LogP contribution in [0.25, 0.3) is 0 Å². The molecule has 2 aromatic heterocycles. The van der Waals surface area contributed by atoms with Crippen molar-refractivity contribution >= 4 is 39.3 Å². The van der Waals surface area contributed by atoms with Gasteiger partial charge in [-0.3, -0.25) is 14.2 Å². The molecule has 2 heterocycles. The molecule has 0 aliphatic heterocycles. The van der Waals surface area contributed by atoms with Crippen LogP contribution in [0.2, 0.25) is 5.02 Å². The van der Waals surface area contributed by atoms with E-state index in [4.69, 9.17) is 11.6 Å². The maximum absolute atomic E-state index is 12.6. The Morgan fingerprint density at radius 1 is 1.38 bits per heavy atom. The van der Waals surface area contributed by atoms with Crippen molar-refractivity contribution in [2.24, 2.45) is 0 Å². The van der Waals surface area contributed by atoms with Gasteiger partial charge in [0.15, 0.2) is 5.82 Å². The van der Waals surface area contributed by atoms with Crippen LogP contribution in [-0.2, 0) is 11.3 Å². The Balaban J connectivity index is 1.73. The molecule has 136 valence electrons. The number of benzene rings is 1. The van der Waals surface area contributed by atoms with Gasteiger partial charge in [0, 0.05) is 23.0 Å². The number of carbonyl (C=O) groups is 1. The summed E-state index contributed by atoms with van der Waals surface area (Å²) in [7, 11) is 0. The molecule has 0 fully saturated rings. The highest BCUT2D eigenvalue weighted by molar-refractivity contribution is 9.10. The number of carbonyl (C=O) groups excluding carboxylic acids is 1. The average molecular weight is 437 g/mol. The zero-order valence-electron chi connectivity index (χ0n) is 14.5. The Bertz CT molecular complexity index is 920. The van der Waals surface area contributed by atoms with Crippen molar-refractivity contribution in [1.29, 1.82) is 0 Å². The lowest BCUT2D eigenvalue weighted by molar-refractivity contribution is -0.119. The van der Waals surface area contributed by atoms with Gasteiger partial charge in [0.2, 0.25) is 5.91 Å². The fourth-order valence-electron chi connectivity index (χ4n) is 2.73. The fraction of sp³-hybridized carbons (Fsp3) is 0.278. The molecule has 0 aliphatic rings. The summed E-state index contributed by atoms with van der Waals surface area (Å²) < 4.78 is 4.33. The second kappa shape index (κ2) is 8.05. The Labute approximate surface area is 165 Å². The normalized spacial score (nSPS) is 12.2. The van der Waals surface area contributed by atoms with E-state index in [1.54, 1.807) is 17.1 Å². The van der Waals surface area contributed by atoms with Crippen molar-refractivity contribution in [3.05, 3.63) is 63.5 Å². The van der Waals surface area contributed by atoms with Gasteiger partial charge >= 0.3 is 0 Å². The van der Waals surface area contributed by atoms with Crippen molar-refractivity contribution in [2.75, 3.05) is 5.32 Å². The van der Waals surface area contributed by atoms with E-state index in [2.05, 4.69) is 31.4 Å². The molecular weight excluding hydrogens is 418 g/mol. The molecule has 1 aromatic carbocycles. The molecule has 1 unspecified atom stereocenters. The molecule has 0 spiro atoms. The van der Waals surface area contributed by atoms with E-state index in [-0.39, 0.29) is 11.9 Å². The second-order valence-corrected chi connectivity index (χ2v) is 7.36. The van der Waals surface area contributed by atoms with E-state index in [1.165, 1.54) is 0 Å². The minimum atomic E-state index is -0.389. The van der Waals surface area contributed by atoms with Gasteiger partial charge in [-0.2, -0.15) is 10.2 Å². The van der Waals surface area contributed by atoms with Gasteiger partial charge in [0.1, 0.15) is 6.04 Å². The van der Waals surface area contributed by atoms with Crippen LogP contribution in [0.5, 0.6) is 0 Å². The molecule has 1 N–H and O–H groups in total. The van der Waals surface area contributed by atoms with Crippen molar-refractivity contribution in [2.45, 2.75) is 32.9 Å². The summed E-state index contributed by atoms with van der Waals surface area (Å²) >= 11 is 9.39. The number of hydrogen-bond acceptors (Lipinski definition) is 3. The summed E-state index contributed by atoms with van der Waals surface area (Å²) in [6.45, 7) is 4.49. The Kier molecular flexibility index (Phi) is 5.78. The molecule has 1 amide bonds. The van der Waals surface area contributed by atoms with E-state index < -0.39 is 0 Å². The van der Waals surface area contributed by atoms with Gasteiger partial charge < -0.3 is 5.32 Å². The topological polar surface area (TPSA) is 64.7 Å². The first-order chi connectivity index (χ1) is 12.5. The van der Waals surface area contributed by atoms with E-state index >= 15 is 0 Å². The Morgan fingerprint density at radius 3 is 2.85 bits per heavy atom. The van der Waals surface area contributed by atoms with Gasteiger partial charge in [-0.1, -0.05) is 30.7 Å². The molecule has 0 bridgehead atoms. The van der Waals surface area contributed by atoms with Crippen LogP contribution in [0.15, 0.2) is 47.2 Å². The Hall–Kier alpha value is -2.12. The quantitative estimate of drug-likeness (QED) is 0.621. The maximum atomic E-state index is 12.6. The molecule has 3 rings (SSSR count). The summed E-state index contributed by atoms with van der Waals surface area (Å²) in [5.41, 5.74) is 2.00. The van der Waals surface area contributed by atoms with Crippen molar-refractivity contribution in [3.63, 3.8) is 0 Å². The largest absolute Gasteiger partial charge is 0.307 e. The highest BCUT2D eigenvalue weighted by atomic mass is 79.9. The van der Waals surface area contributed by atoms with Gasteiger partial charge in [-0.25, -0.2) is 0 Å². The average Bonchev–Trinajstić information content (AvgIpc) is 3.14. The number of anilines is 1. The maximum Gasteiger partial charge on any atom is 0.250 e. The summed E-state index contributed by atoms with van der Waals surface area (Å²) in [5.74, 6) is 0.384. The van der Waals surface area contributed by atoms with Crippen molar-refractivity contribution in [3.8, 4) is 0 Å². The predicted molar refractivity (Wildman–Crippen MR) is 105 cm³/mol. The number of rotatable bonds is 6. The minimum absolute atomic E-state index is 0.143. The first kappa shape index (κ1) is 18.7. The van der Waals surface area contributed by atoms with Crippen LogP contribution in [-0.4, -0.2) is 25.5 Å². The number of amides is 1. The molecule has 0 aliphatic carbocycles. The van der Waals surface area contributed by atoms with Crippen molar-refractivity contribution < 1.29 is 4.79 Å². The van der Waals surface area contributed by atoms with Crippen molar-refractivity contribution in [1.82, 2.24) is 19.6 Å². The van der Waals surface area contributed by atoms with E-state index in [0.29, 0.717) is 23.8 Å². The van der Waals surface area contributed by atoms with Crippen LogP contribution < -0.4 is 5.32 Å². The SMILES string of the molecule is CCC(C(=O)Nc1cc(C)n(Cc2cccc(Cl)c2)n1)n1cc(Br)cn1. The summed E-state index contributed by atoms with van der Waals surface area (Å²) in [5, 5.41) is 12.3. The molecule has 1 atom stereocenters.